The fraction of sp³-hybridized carbons (Fsp3) is 0.778. The van der Waals surface area contributed by atoms with E-state index in [1.54, 1.807) is 0 Å². The molecule has 0 saturated carbocycles. The van der Waals surface area contributed by atoms with Gasteiger partial charge in [-0.3, -0.25) is 9.79 Å². The van der Waals surface area contributed by atoms with Gasteiger partial charge in [0.15, 0.2) is 5.96 Å². The average Bonchev–Trinajstić information content (AvgIpc) is 2.08. The summed E-state index contributed by atoms with van der Waals surface area (Å²) in [5.74, 6) is -0.799. The average molecular weight is 216 g/mol. The lowest BCUT2D eigenvalue weighted by Gasteiger charge is -2.16. The largest absolute Gasteiger partial charge is 0.480 e. The molecule has 0 rings (SSSR count). The first kappa shape index (κ1) is 13.7. The number of guanidine groups is 1. The topological polar surface area (TPSA) is 114 Å². The van der Waals surface area contributed by atoms with Gasteiger partial charge in [0.05, 0.1) is 0 Å². The standard InChI is InChI=1S/C9H20N4O2/c1-6(2)13-7(8(14)15)4-3-5-12-9(10)11/h6-7,13H,3-5H2,1-2H3,(H,14,15)(H4,10,11,12). The minimum absolute atomic E-state index is 0.0405. The molecule has 0 spiro atoms. The lowest BCUT2D eigenvalue weighted by atomic mass is 10.1. The Balaban J connectivity index is 3.87. The second-order valence-electron chi connectivity index (χ2n) is 3.66. The molecule has 1 unspecified atom stereocenters. The van der Waals surface area contributed by atoms with E-state index in [1.165, 1.54) is 0 Å². The van der Waals surface area contributed by atoms with Gasteiger partial charge >= 0.3 is 5.97 Å². The zero-order valence-corrected chi connectivity index (χ0v) is 9.23. The minimum Gasteiger partial charge on any atom is -0.480 e. The first-order valence-corrected chi connectivity index (χ1v) is 4.97. The summed E-state index contributed by atoms with van der Waals surface area (Å²) in [6.45, 7) is 4.28. The molecule has 0 amide bonds. The van der Waals surface area contributed by atoms with Crippen molar-refractivity contribution >= 4 is 11.9 Å². The van der Waals surface area contributed by atoms with Crippen molar-refractivity contribution in [1.29, 1.82) is 0 Å². The summed E-state index contributed by atoms with van der Waals surface area (Å²) < 4.78 is 0. The fourth-order valence-electron chi connectivity index (χ4n) is 1.18. The molecule has 0 aromatic heterocycles. The molecule has 6 nitrogen and oxygen atoms in total. The molecule has 15 heavy (non-hydrogen) atoms. The van der Waals surface area contributed by atoms with Crippen LogP contribution in [0.1, 0.15) is 26.7 Å². The highest BCUT2D eigenvalue weighted by molar-refractivity contribution is 5.75. The molecule has 0 bridgehead atoms. The number of hydrogen-bond acceptors (Lipinski definition) is 3. The Bertz CT molecular complexity index is 224. The maximum absolute atomic E-state index is 10.8. The lowest BCUT2D eigenvalue weighted by Crippen LogP contribution is -2.40. The number of nitrogens with two attached hydrogens (primary N) is 2. The monoisotopic (exact) mass is 216 g/mol. The summed E-state index contributed by atoms with van der Waals surface area (Å²) in [6.07, 6.45) is 1.17. The number of carboxylic acids is 1. The summed E-state index contributed by atoms with van der Waals surface area (Å²) in [4.78, 5) is 14.6. The molecular weight excluding hydrogens is 196 g/mol. The van der Waals surface area contributed by atoms with Gasteiger partial charge in [-0.25, -0.2) is 0 Å². The van der Waals surface area contributed by atoms with E-state index in [4.69, 9.17) is 16.6 Å². The van der Waals surface area contributed by atoms with Gasteiger partial charge in [-0.1, -0.05) is 13.8 Å². The molecule has 0 aliphatic carbocycles. The summed E-state index contributed by atoms with van der Waals surface area (Å²) in [6, 6.07) is -0.381. The number of nitrogens with zero attached hydrogens (tertiary/aromatic N) is 1. The first-order valence-electron chi connectivity index (χ1n) is 4.97. The normalized spacial score (nSPS) is 12.5. The molecule has 0 aliphatic heterocycles. The third kappa shape index (κ3) is 7.75. The van der Waals surface area contributed by atoms with Crippen molar-refractivity contribution in [3.05, 3.63) is 0 Å². The quantitative estimate of drug-likeness (QED) is 0.260. The first-order chi connectivity index (χ1) is 6.93. The van der Waals surface area contributed by atoms with Gasteiger partial charge < -0.3 is 21.9 Å². The predicted octanol–water partition coefficient (Wildman–Crippen LogP) is -0.509. The molecule has 0 radical (unpaired) electrons. The van der Waals surface area contributed by atoms with E-state index in [2.05, 4.69) is 10.3 Å². The number of carbonyl (C=O) groups is 1. The number of rotatable bonds is 7. The van der Waals surface area contributed by atoms with Crippen LogP contribution >= 0.6 is 0 Å². The third-order valence-electron chi connectivity index (χ3n) is 1.78. The molecule has 6 heteroatoms. The zero-order chi connectivity index (χ0) is 11.8. The van der Waals surface area contributed by atoms with Gasteiger partial charge in [0.1, 0.15) is 6.04 Å². The van der Waals surface area contributed by atoms with E-state index in [9.17, 15) is 4.79 Å². The van der Waals surface area contributed by atoms with Crippen LogP contribution in [0.2, 0.25) is 0 Å². The van der Waals surface area contributed by atoms with E-state index in [0.717, 1.165) is 0 Å². The SMILES string of the molecule is CC(C)NC(CCCN=C(N)N)C(=O)O. The van der Waals surface area contributed by atoms with E-state index >= 15 is 0 Å². The maximum Gasteiger partial charge on any atom is 0.320 e. The molecule has 0 fully saturated rings. The number of aliphatic carboxylic acids is 1. The van der Waals surface area contributed by atoms with Gasteiger partial charge in [0.25, 0.3) is 0 Å². The van der Waals surface area contributed by atoms with Crippen LogP contribution in [0.4, 0.5) is 0 Å². The van der Waals surface area contributed by atoms with Crippen LogP contribution in [0.25, 0.3) is 0 Å². The van der Waals surface area contributed by atoms with Crippen LogP contribution in [0.3, 0.4) is 0 Å². The van der Waals surface area contributed by atoms with Crippen LogP contribution in [-0.4, -0.2) is 35.7 Å². The Kier molecular flexibility index (Phi) is 6.44. The van der Waals surface area contributed by atoms with Crippen LogP contribution in [-0.2, 0) is 4.79 Å². The van der Waals surface area contributed by atoms with Gasteiger partial charge in [0.2, 0.25) is 0 Å². The van der Waals surface area contributed by atoms with Crippen LogP contribution in [0.15, 0.2) is 4.99 Å². The maximum atomic E-state index is 10.8. The molecule has 0 heterocycles. The summed E-state index contributed by atoms with van der Waals surface area (Å²) in [5.41, 5.74) is 10.3. The van der Waals surface area contributed by atoms with Crippen molar-refractivity contribution < 1.29 is 9.90 Å². The van der Waals surface area contributed by atoms with Gasteiger partial charge in [-0.15, -0.1) is 0 Å². The summed E-state index contributed by atoms with van der Waals surface area (Å²) in [7, 11) is 0. The van der Waals surface area contributed by atoms with Crippen LogP contribution < -0.4 is 16.8 Å². The predicted molar refractivity (Wildman–Crippen MR) is 59.6 cm³/mol. The molecule has 1 atom stereocenters. The highest BCUT2D eigenvalue weighted by Crippen LogP contribution is 1.99. The Morgan fingerprint density at radius 1 is 1.47 bits per heavy atom. The fourth-order valence-corrected chi connectivity index (χ4v) is 1.18. The Morgan fingerprint density at radius 2 is 2.07 bits per heavy atom. The van der Waals surface area contributed by atoms with Gasteiger partial charge in [-0.05, 0) is 12.8 Å². The number of hydrogen-bond donors (Lipinski definition) is 4. The highest BCUT2D eigenvalue weighted by atomic mass is 16.4. The number of aliphatic imine (C=N–C) groups is 1. The Labute approximate surface area is 89.7 Å². The van der Waals surface area contributed by atoms with Crippen LogP contribution in [0, 0.1) is 0 Å². The summed E-state index contributed by atoms with van der Waals surface area (Å²) >= 11 is 0. The molecule has 0 aromatic carbocycles. The van der Waals surface area contributed by atoms with Gasteiger partial charge in [-0.2, -0.15) is 0 Å². The lowest BCUT2D eigenvalue weighted by molar-refractivity contribution is -0.139. The highest BCUT2D eigenvalue weighted by Gasteiger charge is 2.16. The van der Waals surface area contributed by atoms with E-state index in [1.807, 2.05) is 13.8 Å². The van der Waals surface area contributed by atoms with E-state index < -0.39 is 12.0 Å². The molecule has 0 aliphatic rings. The smallest absolute Gasteiger partial charge is 0.320 e. The van der Waals surface area contributed by atoms with Crippen molar-refractivity contribution in [2.75, 3.05) is 6.54 Å². The van der Waals surface area contributed by atoms with Gasteiger partial charge in [0, 0.05) is 12.6 Å². The minimum atomic E-state index is -0.839. The van der Waals surface area contributed by atoms with Crippen molar-refractivity contribution in [2.45, 2.75) is 38.8 Å². The molecule has 6 N–H and O–H groups in total. The Hall–Kier alpha value is -1.30. The van der Waals surface area contributed by atoms with Crippen molar-refractivity contribution in [3.63, 3.8) is 0 Å². The van der Waals surface area contributed by atoms with Crippen molar-refractivity contribution in [3.8, 4) is 0 Å². The molecular formula is C9H20N4O2. The van der Waals surface area contributed by atoms with E-state index in [0.29, 0.717) is 19.4 Å². The molecule has 0 saturated heterocycles. The number of carboxylic acid groups (broad SMARTS) is 1. The van der Waals surface area contributed by atoms with E-state index in [-0.39, 0.29) is 12.0 Å². The Morgan fingerprint density at radius 3 is 2.47 bits per heavy atom. The van der Waals surface area contributed by atoms with Crippen molar-refractivity contribution in [1.82, 2.24) is 5.32 Å². The number of nitrogens with one attached hydrogen (secondary N) is 1. The van der Waals surface area contributed by atoms with Crippen molar-refractivity contribution in [2.24, 2.45) is 16.5 Å². The second-order valence-corrected chi connectivity index (χ2v) is 3.66. The van der Waals surface area contributed by atoms with Crippen LogP contribution in [0.5, 0.6) is 0 Å². The summed E-state index contributed by atoms with van der Waals surface area (Å²) in [5, 5.41) is 11.8. The molecule has 88 valence electrons. The third-order valence-corrected chi connectivity index (χ3v) is 1.78. The molecule has 0 aromatic rings. The zero-order valence-electron chi connectivity index (χ0n) is 9.23. The second kappa shape index (κ2) is 7.05.